The van der Waals surface area contributed by atoms with Crippen molar-refractivity contribution in [2.75, 3.05) is 5.75 Å². The van der Waals surface area contributed by atoms with Crippen LogP contribution in [0.3, 0.4) is 0 Å². The summed E-state index contributed by atoms with van der Waals surface area (Å²) < 4.78 is 10.4. The Morgan fingerprint density at radius 3 is 2.29 bits per heavy atom. The minimum absolute atomic E-state index is 0.183. The topological polar surface area (TPSA) is 124 Å². The Labute approximate surface area is 83.8 Å². The lowest BCUT2D eigenvalue weighted by Crippen LogP contribution is -2.41. The van der Waals surface area contributed by atoms with Gasteiger partial charge in [0.2, 0.25) is 5.91 Å². The van der Waals surface area contributed by atoms with Gasteiger partial charge in [-0.05, 0) is 11.4 Å². The first-order valence-corrected chi connectivity index (χ1v) is 6.62. The van der Waals surface area contributed by atoms with Crippen LogP contribution in [0.25, 0.3) is 0 Å². The number of hydrogen-bond acceptors (Lipinski definition) is 4. The molecule has 0 aromatic rings. The summed E-state index contributed by atoms with van der Waals surface area (Å²) in [4.78, 5) is 37.9. The number of carboxylic acids is 1. The fourth-order valence-corrected chi connectivity index (χ4v) is 2.19. The minimum atomic E-state index is -4.30. The van der Waals surface area contributed by atoms with Crippen LogP contribution < -0.4 is 5.32 Å². The Balaban J connectivity index is 4.18. The summed E-state index contributed by atoms with van der Waals surface area (Å²) in [6, 6.07) is -1.29. The van der Waals surface area contributed by atoms with Crippen molar-refractivity contribution in [2.24, 2.45) is 0 Å². The molecule has 0 spiro atoms. The van der Waals surface area contributed by atoms with Gasteiger partial charge < -0.3 is 20.2 Å². The SMILES string of the molecule is CC(=O)N[C@@H](CSP(=O)(O)O)C(=O)O. The monoisotopic (exact) mass is 243 g/mol. The van der Waals surface area contributed by atoms with Gasteiger partial charge in [-0.2, -0.15) is 0 Å². The highest BCUT2D eigenvalue weighted by molar-refractivity contribution is 8.54. The maximum atomic E-state index is 10.5. The molecule has 0 aromatic heterocycles. The summed E-state index contributed by atoms with van der Waals surface area (Å²) >= 11 is 0.183. The maximum absolute atomic E-state index is 10.5. The normalized spacial score (nSPS) is 13.4. The summed E-state index contributed by atoms with van der Waals surface area (Å²) in [7, 11) is 0. The van der Waals surface area contributed by atoms with Crippen molar-refractivity contribution in [1.82, 2.24) is 5.32 Å². The van der Waals surface area contributed by atoms with Crippen molar-refractivity contribution in [3.63, 3.8) is 0 Å². The van der Waals surface area contributed by atoms with Crippen LogP contribution in [-0.2, 0) is 14.2 Å². The summed E-state index contributed by atoms with van der Waals surface area (Å²) in [5, 5.41) is 10.6. The molecule has 0 saturated carbocycles. The lowest BCUT2D eigenvalue weighted by Gasteiger charge is -2.12. The number of hydrogen-bond donors (Lipinski definition) is 4. The average molecular weight is 243 g/mol. The molecule has 0 bridgehead atoms. The molecule has 0 saturated heterocycles. The van der Waals surface area contributed by atoms with Gasteiger partial charge in [0.25, 0.3) is 0 Å². The van der Waals surface area contributed by atoms with E-state index in [2.05, 4.69) is 0 Å². The molecule has 0 fully saturated rings. The Morgan fingerprint density at radius 1 is 1.50 bits per heavy atom. The predicted molar refractivity (Wildman–Crippen MR) is 49.7 cm³/mol. The number of aliphatic carboxylic acids is 1. The minimum Gasteiger partial charge on any atom is -0.480 e. The van der Waals surface area contributed by atoms with Crippen molar-refractivity contribution >= 4 is 30.1 Å². The third-order valence-corrected chi connectivity index (χ3v) is 3.36. The second-order valence-corrected chi connectivity index (χ2v) is 6.15. The standard InChI is InChI=1S/C5H10NO6PS/c1-3(7)6-4(5(8)9)2-14-13(10,11)12/h4H,2H2,1H3,(H,6,7)(H,8,9)(H2,10,11,12)/t4-/m0/s1. The van der Waals surface area contributed by atoms with Crippen LogP contribution in [0.4, 0.5) is 0 Å². The van der Waals surface area contributed by atoms with Crippen LogP contribution >= 0.6 is 18.2 Å². The molecule has 1 atom stereocenters. The molecular formula is C5H10NO6PS. The molecule has 82 valence electrons. The molecule has 0 aliphatic heterocycles. The molecule has 0 heterocycles. The Morgan fingerprint density at radius 2 is 2.00 bits per heavy atom. The van der Waals surface area contributed by atoms with Crippen LogP contribution in [0.15, 0.2) is 0 Å². The van der Waals surface area contributed by atoms with Gasteiger partial charge in [-0.1, -0.05) is 0 Å². The van der Waals surface area contributed by atoms with Crippen LogP contribution in [-0.4, -0.2) is 38.6 Å². The van der Waals surface area contributed by atoms with Crippen LogP contribution in [0.5, 0.6) is 0 Å². The molecule has 7 nitrogen and oxygen atoms in total. The summed E-state index contributed by atoms with van der Waals surface area (Å²) in [5.74, 6) is -2.27. The molecule has 0 aliphatic rings. The molecule has 14 heavy (non-hydrogen) atoms. The summed E-state index contributed by atoms with van der Waals surface area (Å²) in [6.45, 7) is -3.18. The third-order valence-electron chi connectivity index (χ3n) is 1.08. The van der Waals surface area contributed by atoms with Crippen molar-refractivity contribution < 1.29 is 29.0 Å². The molecule has 0 unspecified atom stereocenters. The molecule has 4 N–H and O–H groups in total. The van der Waals surface area contributed by atoms with E-state index >= 15 is 0 Å². The number of carbonyl (C=O) groups is 2. The van der Waals surface area contributed by atoms with E-state index in [0.29, 0.717) is 0 Å². The van der Waals surface area contributed by atoms with Gasteiger partial charge in [0.1, 0.15) is 6.04 Å². The van der Waals surface area contributed by atoms with Gasteiger partial charge in [-0.15, -0.1) is 0 Å². The van der Waals surface area contributed by atoms with E-state index in [1.165, 1.54) is 0 Å². The Hall–Kier alpha value is -0.560. The lowest BCUT2D eigenvalue weighted by molar-refractivity contribution is -0.140. The Bertz CT molecular complexity index is 275. The number of amides is 1. The summed E-state index contributed by atoms with van der Waals surface area (Å²) in [6.07, 6.45) is 0. The van der Waals surface area contributed by atoms with Gasteiger partial charge >= 0.3 is 12.8 Å². The van der Waals surface area contributed by atoms with E-state index in [-0.39, 0.29) is 17.1 Å². The Kier molecular flexibility index (Phi) is 5.14. The number of carboxylic acid groups (broad SMARTS) is 1. The van der Waals surface area contributed by atoms with E-state index in [4.69, 9.17) is 14.9 Å². The largest absolute Gasteiger partial charge is 0.480 e. The van der Waals surface area contributed by atoms with Gasteiger partial charge in [0, 0.05) is 12.7 Å². The number of nitrogens with one attached hydrogen (secondary N) is 1. The fraction of sp³-hybridized carbons (Fsp3) is 0.600. The highest BCUT2D eigenvalue weighted by Gasteiger charge is 2.23. The van der Waals surface area contributed by atoms with E-state index in [0.717, 1.165) is 6.92 Å². The van der Waals surface area contributed by atoms with Gasteiger partial charge in [-0.25, -0.2) is 9.36 Å². The number of rotatable bonds is 5. The first-order valence-electron chi connectivity index (χ1n) is 3.42. The van der Waals surface area contributed by atoms with Gasteiger partial charge in [0.05, 0.1) is 0 Å². The molecule has 0 rings (SSSR count). The first-order chi connectivity index (χ1) is 6.22. The van der Waals surface area contributed by atoms with Crippen molar-refractivity contribution in [2.45, 2.75) is 13.0 Å². The molecule has 0 aliphatic carbocycles. The highest BCUT2D eigenvalue weighted by atomic mass is 32.7. The van der Waals surface area contributed by atoms with Crippen molar-refractivity contribution in [3.8, 4) is 0 Å². The lowest BCUT2D eigenvalue weighted by atomic mass is 10.3. The second-order valence-electron chi connectivity index (χ2n) is 2.38. The zero-order valence-corrected chi connectivity index (χ0v) is 8.92. The summed E-state index contributed by atoms with van der Waals surface area (Å²) in [5.41, 5.74) is 0. The zero-order chi connectivity index (χ0) is 11.4. The van der Waals surface area contributed by atoms with Gasteiger partial charge in [0.15, 0.2) is 0 Å². The second kappa shape index (κ2) is 5.35. The molecule has 1 amide bonds. The van der Waals surface area contributed by atoms with E-state index in [9.17, 15) is 14.2 Å². The maximum Gasteiger partial charge on any atom is 0.384 e. The van der Waals surface area contributed by atoms with E-state index in [1.807, 2.05) is 5.32 Å². The smallest absolute Gasteiger partial charge is 0.384 e. The predicted octanol–water partition coefficient (Wildman–Crippen LogP) is -0.598. The molecular weight excluding hydrogens is 233 g/mol. The van der Waals surface area contributed by atoms with Crippen molar-refractivity contribution in [3.05, 3.63) is 0 Å². The zero-order valence-electron chi connectivity index (χ0n) is 7.21. The first kappa shape index (κ1) is 13.4. The highest BCUT2D eigenvalue weighted by Crippen LogP contribution is 2.50. The van der Waals surface area contributed by atoms with Crippen LogP contribution in [0, 0.1) is 0 Å². The molecule has 0 aromatic carbocycles. The van der Waals surface area contributed by atoms with E-state index in [1.54, 1.807) is 0 Å². The number of carbonyl (C=O) groups excluding carboxylic acids is 1. The molecule has 0 radical (unpaired) electrons. The quantitative estimate of drug-likeness (QED) is 0.475. The average Bonchev–Trinajstić information content (AvgIpc) is 1.94. The van der Waals surface area contributed by atoms with E-state index < -0.39 is 24.7 Å². The van der Waals surface area contributed by atoms with Gasteiger partial charge in [-0.3, -0.25) is 4.79 Å². The van der Waals surface area contributed by atoms with Crippen LogP contribution in [0.2, 0.25) is 0 Å². The van der Waals surface area contributed by atoms with Crippen LogP contribution in [0.1, 0.15) is 6.92 Å². The third kappa shape index (κ3) is 6.90. The molecule has 9 heteroatoms. The van der Waals surface area contributed by atoms with Crippen molar-refractivity contribution in [1.29, 1.82) is 0 Å². The fourth-order valence-electron chi connectivity index (χ4n) is 0.592.